The Morgan fingerprint density at radius 2 is 2.15 bits per heavy atom. The van der Waals surface area contributed by atoms with E-state index in [0.717, 1.165) is 13.0 Å². The van der Waals surface area contributed by atoms with Gasteiger partial charge >= 0.3 is 0 Å². The van der Waals surface area contributed by atoms with Crippen molar-refractivity contribution in [3.8, 4) is 0 Å². The highest BCUT2D eigenvalue weighted by atomic mass is 19.1. The summed E-state index contributed by atoms with van der Waals surface area (Å²) in [5, 5.41) is 3.88. The molecule has 1 radical (unpaired) electrons. The van der Waals surface area contributed by atoms with E-state index in [-0.39, 0.29) is 5.82 Å². The van der Waals surface area contributed by atoms with E-state index < -0.39 is 0 Å². The van der Waals surface area contributed by atoms with Gasteiger partial charge in [0.05, 0.1) is 5.69 Å². The van der Waals surface area contributed by atoms with Gasteiger partial charge in [0.2, 0.25) is 0 Å². The van der Waals surface area contributed by atoms with Crippen LogP contribution in [0, 0.1) is 12.0 Å². The standard InChI is InChI=1S/C10H16FN2/c1-3-5-6-7-13-10(4-2)9(11)8-12-13/h3-7H2,1-2H3. The summed E-state index contributed by atoms with van der Waals surface area (Å²) in [7, 11) is 0. The number of hydrogen-bond acceptors (Lipinski definition) is 1. The van der Waals surface area contributed by atoms with Crippen molar-refractivity contribution in [2.24, 2.45) is 0 Å². The average molecular weight is 183 g/mol. The largest absolute Gasteiger partial charge is 0.266 e. The molecule has 0 atom stereocenters. The monoisotopic (exact) mass is 183 g/mol. The lowest BCUT2D eigenvalue weighted by atomic mass is 10.2. The van der Waals surface area contributed by atoms with Crippen molar-refractivity contribution in [1.29, 1.82) is 0 Å². The lowest BCUT2D eigenvalue weighted by molar-refractivity contribution is 0.523. The molecule has 73 valence electrons. The maximum atomic E-state index is 13.0. The number of aromatic nitrogens is 2. The molecule has 0 N–H and O–H groups in total. The van der Waals surface area contributed by atoms with Crippen LogP contribution in [0.25, 0.3) is 0 Å². The van der Waals surface area contributed by atoms with Gasteiger partial charge in [0.15, 0.2) is 12.0 Å². The number of halogens is 1. The zero-order valence-corrected chi connectivity index (χ0v) is 8.31. The quantitative estimate of drug-likeness (QED) is 0.641. The van der Waals surface area contributed by atoms with Crippen molar-refractivity contribution in [2.45, 2.75) is 46.1 Å². The normalized spacial score (nSPS) is 10.7. The molecule has 0 unspecified atom stereocenters. The Labute approximate surface area is 78.8 Å². The molecular formula is C10H16FN2. The fraction of sp³-hybridized carbons (Fsp3) is 0.700. The van der Waals surface area contributed by atoms with Crippen molar-refractivity contribution >= 4 is 0 Å². The Bertz CT molecular complexity index is 255. The molecule has 0 aliphatic rings. The lowest BCUT2D eigenvalue weighted by Crippen LogP contribution is -2.05. The van der Waals surface area contributed by atoms with E-state index in [1.807, 2.05) is 6.92 Å². The van der Waals surface area contributed by atoms with Crippen molar-refractivity contribution in [3.05, 3.63) is 17.7 Å². The Morgan fingerprint density at radius 1 is 1.38 bits per heavy atom. The third-order valence-electron chi connectivity index (χ3n) is 2.14. The summed E-state index contributed by atoms with van der Waals surface area (Å²) in [6.07, 6.45) is 6.47. The van der Waals surface area contributed by atoms with Crippen molar-refractivity contribution in [1.82, 2.24) is 9.78 Å². The number of rotatable bonds is 5. The van der Waals surface area contributed by atoms with Crippen LogP contribution in [0.5, 0.6) is 0 Å². The highest BCUT2D eigenvalue weighted by Gasteiger charge is 2.07. The first-order chi connectivity index (χ1) is 6.29. The molecule has 3 heteroatoms. The van der Waals surface area contributed by atoms with E-state index in [0.29, 0.717) is 12.1 Å². The van der Waals surface area contributed by atoms with Crippen LogP contribution in [0.2, 0.25) is 0 Å². The maximum Gasteiger partial charge on any atom is 0.174 e. The number of unbranched alkanes of at least 4 members (excludes halogenated alkanes) is 2. The molecule has 0 fully saturated rings. The summed E-state index contributed by atoms with van der Waals surface area (Å²) in [6.45, 7) is 4.90. The van der Waals surface area contributed by atoms with Gasteiger partial charge in [-0.15, -0.1) is 0 Å². The lowest BCUT2D eigenvalue weighted by Gasteiger charge is -2.04. The second kappa shape index (κ2) is 5.00. The van der Waals surface area contributed by atoms with Crippen LogP contribution in [0.4, 0.5) is 4.39 Å². The Balaban J connectivity index is 2.55. The smallest absolute Gasteiger partial charge is 0.174 e. The van der Waals surface area contributed by atoms with Crippen LogP contribution < -0.4 is 0 Å². The fourth-order valence-electron chi connectivity index (χ4n) is 1.38. The van der Waals surface area contributed by atoms with Crippen molar-refractivity contribution < 1.29 is 4.39 Å². The molecule has 0 bridgehead atoms. The van der Waals surface area contributed by atoms with Gasteiger partial charge in [-0.2, -0.15) is 5.10 Å². The van der Waals surface area contributed by atoms with Gasteiger partial charge in [-0.25, -0.2) is 4.39 Å². The molecule has 2 nitrogen and oxygen atoms in total. The minimum Gasteiger partial charge on any atom is -0.266 e. The van der Waals surface area contributed by atoms with E-state index in [9.17, 15) is 4.39 Å². The highest BCUT2D eigenvalue weighted by molar-refractivity contribution is 5.02. The van der Waals surface area contributed by atoms with E-state index in [4.69, 9.17) is 0 Å². The fourth-order valence-corrected chi connectivity index (χ4v) is 1.38. The Kier molecular flexibility index (Phi) is 3.93. The second-order valence-corrected chi connectivity index (χ2v) is 3.16. The van der Waals surface area contributed by atoms with Gasteiger partial charge < -0.3 is 0 Å². The zero-order chi connectivity index (χ0) is 9.68. The minimum absolute atomic E-state index is 0.293. The first kappa shape index (κ1) is 10.2. The molecule has 0 aromatic carbocycles. The van der Waals surface area contributed by atoms with E-state index in [2.05, 4.69) is 18.2 Å². The second-order valence-electron chi connectivity index (χ2n) is 3.16. The average Bonchev–Trinajstić information content (AvgIpc) is 2.47. The minimum atomic E-state index is -0.293. The zero-order valence-electron chi connectivity index (χ0n) is 8.31. The molecule has 1 heterocycles. The summed E-state index contributed by atoms with van der Waals surface area (Å²) >= 11 is 0. The molecule has 0 saturated carbocycles. The van der Waals surface area contributed by atoms with E-state index >= 15 is 0 Å². The highest BCUT2D eigenvalue weighted by Crippen LogP contribution is 2.08. The van der Waals surface area contributed by atoms with Crippen molar-refractivity contribution in [3.63, 3.8) is 0 Å². The SMILES string of the molecule is CCCCCn1n[c]c(F)c1CC. The summed E-state index contributed by atoms with van der Waals surface area (Å²) in [5.74, 6) is -0.293. The van der Waals surface area contributed by atoms with E-state index in [1.165, 1.54) is 12.8 Å². The van der Waals surface area contributed by atoms with Gasteiger partial charge in [0.25, 0.3) is 0 Å². The summed E-state index contributed by atoms with van der Waals surface area (Å²) < 4.78 is 14.7. The molecule has 13 heavy (non-hydrogen) atoms. The summed E-state index contributed by atoms with van der Waals surface area (Å²) in [5.41, 5.74) is 0.677. The van der Waals surface area contributed by atoms with Crippen LogP contribution in [0.15, 0.2) is 0 Å². The predicted octanol–water partition coefficient (Wildman–Crippen LogP) is 2.57. The van der Waals surface area contributed by atoms with Gasteiger partial charge in [0, 0.05) is 6.54 Å². The van der Waals surface area contributed by atoms with Crippen LogP contribution >= 0.6 is 0 Å². The van der Waals surface area contributed by atoms with E-state index in [1.54, 1.807) is 4.68 Å². The van der Waals surface area contributed by atoms with Crippen LogP contribution in [-0.4, -0.2) is 9.78 Å². The molecule has 0 aliphatic carbocycles. The van der Waals surface area contributed by atoms with Gasteiger partial charge in [-0.3, -0.25) is 4.68 Å². The van der Waals surface area contributed by atoms with Crippen LogP contribution in [-0.2, 0) is 13.0 Å². The van der Waals surface area contributed by atoms with Gasteiger partial charge in [-0.05, 0) is 12.8 Å². The number of hydrogen-bond donors (Lipinski definition) is 0. The Hall–Kier alpha value is -0.860. The molecule has 0 saturated heterocycles. The van der Waals surface area contributed by atoms with Gasteiger partial charge in [0.1, 0.15) is 0 Å². The van der Waals surface area contributed by atoms with Crippen molar-refractivity contribution in [2.75, 3.05) is 0 Å². The van der Waals surface area contributed by atoms with Gasteiger partial charge in [-0.1, -0.05) is 26.7 Å². The molecular weight excluding hydrogens is 167 g/mol. The maximum absolute atomic E-state index is 13.0. The van der Waals surface area contributed by atoms with Crippen LogP contribution in [0.3, 0.4) is 0 Å². The molecule has 0 aliphatic heterocycles. The first-order valence-corrected chi connectivity index (χ1v) is 4.92. The molecule has 0 spiro atoms. The number of aryl methyl sites for hydroxylation is 1. The molecule has 1 aromatic heterocycles. The summed E-state index contributed by atoms with van der Waals surface area (Å²) in [6, 6.07) is 0. The predicted molar refractivity (Wildman–Crippen MR) is 49.9 cm³/mol. The first-order valence-electron chi connectivity index (χ1n) is 4.92. The topological polar surface area (TPSA) is 17.8 Å². The summed E-state index contributed by atoms with van der Waals surface area (Å²) in [4.78, 5) is 0. The molecule has 0 amide bonds. The number of nitrogens with zero attached hydrogens (tertiary/aromatic N) is 2. The van der Waals surface area contributed by atoms with Crippen LogP contribution in [0.1, 0.15) is 38.8 Å². The Morgan fingerprint density at radius 3 is 2.77 bits per heavy atom. The molecule has 1 aromatic rings. The molecule has 1 rings (SSSR count). The third kappa shape index (κ3) is 2.54. The third-order valence-corrected chi connectivity index (χ3v) is 2.14.